The lowest BCUT2D eigenvalue weighted by Gasteiger charge is -2.35. The minimum Gasteiger partial charge on any atom is -0.341 e. The Kier molecular flexibility index (Phi) is 8.93. The van der Waals surface area contributed by atoms with Gasteiger partial charge in [-0.25, -0.2) is 0 Å². The largest absolute Gasteiger partial charge is 0.341 e. The summed E-state index contributed by atoms with van der Waals surface area (Å²) in [6.45, 7) is 6.51. The molecule has 0 aromatic heterocycles. The van der Waals surface area contributed by atoms with Crippen molar-refractivity contribution in [2.45, 2.75) is 44.9 Å². The van der Waals surface area contributed by atoms with Crippen LogP contribution in [0.15, 0.2) is 158 Å². The summed E-state index contributed by atoms with van der Waals surface area (Å²) < 4.78 is 0. The van der Waals surface area contributed by atoms with Gasteiger partial charge in [0.2, 0.25) is 0 Å². The molecule has 0 radical (unpaired) electrons. The molecule has 0 bridgehead atoms. The molecule has 0 heterocycles. The Morgan fingerprint density at radius 3 is 1.11 bits per heavy atom. The molecule has 0 amide bonds. The van der Waals surface area contributed by atoms with Crippen LogP contribution in [-0.2, 0) is 5.41 Å². The highest BCUT2D eigenvalue weighted by molar-refractivity contribution is 5.86. The van der Waals surface area contributed by atoms with Crippen molar-refractivity contribution in [3.63, 3.8) is 0 Å². The zero-order valence-corrected chi connectivity index (χ0v) is 27.6. The topological polar surface area (TPSA) is 6.48 Å². The normalized spacial score (nSPS) is 12.7. The fourth-order valence-electron chi connectivity index (χ4n) is 7.47. The SMILES string of the molecule is CCCCN(c1ccccc1)c1ccc(C2(c3ccc(N(CCCC)c4ccccc4)cc3)c3ccccc3-c3ccccc32)cc1. The molecule has 0 aliphatic heterocycles. The van der Waals surface area contributed by atoms with Gasteiger partial charge in [0, 0.05) is 35.8 Å². The molecular weight excluding hydrogens is 569 g/mol. The van der Waals surface area contributed by atoms with Gasteiger partial charge in [-0.05, 0) is 94.8 Å². The Bertz CT molecular complexity index is 1750. The quantitative estimate of drug-likeness (QED) is 0.135. The fraction of sp³-hybridized carbons (Fsp3) is 0.200. The highest BCUT2D eigenvalue weighted by Crippen LogP contribution is 2.56. The average Bonchev–Trinajstić information content (AvgIpc) is 3.44. The van der Waals surface area contributed by atoms with E-state index in [4.69, 9.17) is 0 Å². The standard InChI is InChI=1S/C45H44N2/c1-3-5-33-46(37-17-9-7-10-18-37)39-29-25-35(26-30-39)45(43-23-15-13-21-41(43)42-22-14-16-24-44(42)45)36-27-31-40(32-28-36)47(34-6-4-2)38-19-11-8-12-20-38/h7-32H,3-6,33-34H2,1-2H3. The predicted molar refractivity (Wildman–Crippen MR) is 200 cm³/mol. The number of benzene rings is 6. The summed E-state index contributed by atoms with van der Waals surface area (Å²) in [6, 6.07) is 58.5. The molecule has 6 aromatic carbocycles. The van der Waals surface area contributed by atoms with Crippen molar-refractivity contribution >= 4 is 22.7 Å². The van der Waals surface area contributed by atoms with Crippen LogP contribution in [0.1, 0.15) is 61.8 Å². The van der Waals surface area contributed by atoms with Crippen LogP contribution in [0.2, 0.25) is 0 Å². The van der Waals surface area contributed by atoms with E-state index in [1.54, 1.807) is 0 Å². The van der Waals surface area contributed by atoms with Crippen molar-refractivity contribution in [1.82, 2.24) is 0 Å². The van der Waals surface area contributed by atoms with Crippen molar-refractivity contribution in [3.8, 4) is 11.1 Å². The number of para-hydroxylation sites is 2. The second kappa shape index (κ2) is 13.7. The fourth-order valence-corrected chi connectivity index (χ4v) is 7.47. The van der Waals surface area contributed by atoms with Gasteiger partial charge >= 0.3 is 0 Å². The Morgan fingerprint density at radius 1 is 0.383 bits per heavy atom. The molecule has 234 valence electrons. The molecule has 47 heavy (non-hydrogen) atoms. The smallest absolute Gasteiger partial charge is 0.0713 e. The van der Waals surface area contributed by atoms with Crippen molar-refractivity contribution in [1.29, 1.82) is 0 Å². The molecule has 0 spiro atoms. The van der Waals surface area contributed by atoms with Gasteiger partial charge in [-0.15, -0.1) is 0 Å². The first-order chi connectivity index (χ1) is 23.3. The van der Waals surface area contributed by atoms with E-state index in [0.29, 0.717) is 0 Å². The lowest BCUT2D eigenvalue weighted by atomic mass is 9.67. The Balaban J connectivity index is 1.37. The summed E-state index contributed by atoms with van der Waals surface area (Å²) in [4.78, 5) is 4.92. The van der Waals surface area contributed by atoms with Crippen LogP contribution in [0, 0.1) is 0 Å². The number of hydrogen-bond donors (Lipinski definition) is 0. The van der Waals surface area contributed by atoms with Crippen LogP contribution in [0.3, 0.4) is 0 Å². The number of anilines is 4. The zero-order valence-electron chi connectivity index (χ0n) is 27.6. The van der Waals surface area contributed by atoms with Crippen molar-refractivity contribution in [2.24, 2.45) is 0 Å². The van der Waals surface area contributed by atoms with Crippen LogP contribution in [0.5, 0.6) is 0 Å². The van der Waals surface area contributed by atoms with Gasteiger partial charge < -0.3 is 9.80 Å². The third-order valence-electron chi connectivity index (χ3n) is 9.78. The summed E-state index contributed by atoms with van der Waals surface area (Å²) >= 11 is 0. The highest BCUT2D eigenvalue weighted by Gasteiger charge is 2.45. The summed E-state index contributed by atoms with van der Waals surface area (Å²) in [7, 11) is 0. The van der Waals surface area contributed by atoms with Gasteiger partial charge in [0.05, 0.1) is 5.41 Å². The van der Waals surface area contributed by atoms with Crippen molar-refractivity contribution < 1.29 is 0 Å². The minimum atomic E-state index is -0.424. The van der Waals surface area contributed by atoms with E-state index in [9.17, 15) is 0 Å². The van der Waals surface area contributed by atoms with E-state index >= 15 is 0 Å². The lowest BCUT2D eigenvalue weighted by molar-refractivity contribution is 0.763. The lowest BCUT2D eigenvalue weighted by Crippen LogP contribution is -2.29. The molecule has 0 atom stereocenters. The number of hydrogen-bond acceptors (Lipinski definition) is 2. The molecule has 1 aliphatic rings. The Morgan fingerprint density at radius 2 is 0.723 bits per heavy atom. The zero-order chi connectivity index (χ0) is 32.1. The van der Waals surface area contributed by atoms with Gasteiger partial charge in [0.25, 0.3) is 0 Å². The van der Waals surface area contributed by atoms with Gasteiger partial charge in [0.15, 0.2) is 0 Å². The average molecular weight is 613 g/mol. The molecular formula is C45H44N2. The van der Waals surface area contributed by atoms with Crippen molar-refractivity contribution in [3.05, 3.63) is 180 Å². The van der Waals surface area contributed by atoms with Gasteiger partial charge in [-0.2, -0.15) is 0 Å². The molecule has 0 unspecified atom stereocenters. The Hall–Kier alpha value is -5.08. The molecule has 0 saturated carbocycles. The third-order valence-corrected chi connectivity index (χ3v) is 9.78. The van der Waals surface area contributed by atoms with E-state index in [0.717, 1.165) is 38.8 Å². The monoisotopic (exact) mass is 612 g/mol. The predicted octanol–water partition coefficient (Wildman–Crippen LogP) is 11.9. The van der Waals surface area contributed by atoms with Gasteiger partial charge in [-0.3, -0.25) is 0 Å². The van der Waals surface area contributed by atoms with Crippen molar-refractivity contribution in [2.75, 3.05) is 22.9 Å². The van der Waals surface area contributed by atoms with E-state index < -0.39 is 5.41 Å². The first-order valence-corrected chi connectivity index (χ1v) is 17.3. The maximum absolute atomic E-state index is 2.46. The van der Waals surface area contributed by atoms with E-state index in [1.807, 2.05) is 0 Å². The molecule has 0 saturated heterocycles. The molecule has 6 aromatic rings. The maximum Gasteiger partial charge on any atom is 0.0713 e. The number of rotatable bonds is 12. The Labute approximate surface area is 281 Å². The van der Waals surface area contributed by atoms with Crippen LogP contribution >= 0.6 is 0 Å². The molecule has 2 heteroatoms. The second-order valence-electron chi connectivity index (χ2n) is 12.6. The van der Waals surface area contributed by atoms with Crippen LogP contribution < -0.4 is 9.80 Å². The van der Waals surface area contributed by atoms with E-state index in [2.05, 4.69) is 181 Å². The van der Waals surface area contributed by atoms with E-state index in [-0.39, 0.29) is 0 Å². The van der Waals surface area contributed by atoms with Gasteiger partial charge in [-0.1, -0.05) is 136 Å². The number of fused-ring (bicyclic) bond motifs is 3. The molecule has 2 nitrogen and oxygen atoms in total. The molecule has 7 rings (SSSR count). The third kappa shape index (κ3) is 5.63. The molecule has 1 aliphatic carbocycles. The van der Waals surface area contributed by atoms with Crippen LogP contribution in [0.4, 0.5) is 22.7 Å². The highest BCUT2D eigenvalue weighted by atomic mass is 15.1. The van der Waals surface area contributed by atoms with Gasteiger partial charge in [0.1, 0.15) is 0 Å². The number of unbranched alkanes of at least 4 members (excludes halogenated alkanes) is 2. The van der Waals surface area contributed by atoms with Crippen LogP contribution in [-0.4, -0.2) is 13.1 Å². The first-order valence-electron chi connectivity index (χ1n) is 17.3. The van der Waals surface area contributed by atoms with E-state index in [1.165, 1.54) is 56.1 Å². The first kappa shape index (κ1) is 30.6. The summed E-state index contributed by atoms with van der Waals surface area (Å²) in [5, 5.41) is 0. The van der Waals surface area contributed by atoms with Crippen LogP contribution in [0.25, 0.3) is 11.1 Å². The maximum atomic E-state index is 2.46. The second-order valence-corrected chi connectivity index (χ2v) is 12.6. The number of nitrogens with zero attached hydrogens (tertiary/aromatic N) is 2. The summed E-state index contributed by atoms with van der Waals surface area (Å²) in [5.74, 6) is 0. The summed E-state index contributed by atoms with van der Waals surface area (Å²) in [5.41, 5.74) is 12.4. The molecule has 0 N–H and O–H groups in total. The molecule has 0 fully saturated rings. The minimum absolute atomic E-state index is 0.424. The summed E-state index contributed by atoms with van der Waals surface area (Å²) in [6.07, 6.45) is 4.61.